The molecular weight excluding hydrogens is 202 g/mol. The molecule has 2 aromatic rings. The summed E-state index contributed by atoms with van der Waals surface area (Å²) in [7, 11) is 1.69. The first-order chi connectivity index (χ1) is 7.92. The zero-order chi connectivity index (χ0) is 11.2. The van der Waals surface area contributed by atoms with Crippen LogP contribution in [0.25, 0.3) is 10.9 Å². The molecule has 0 saturated heterocycles. The van der Waals surface area contributed by atoms with Gasteiger partial charge in [-0.15, -0.1) is 0 Å². The Hall–Kier alpha value is -1.61. The van der Waals surface area contributed by atoms with Gasteiger partial charge in [-0.3, -0.25) is 4.98 Å². The van der Waals surface area contributed by atoms with Crippen LogP contribution in [0, 0.1) is 0 Å². The second-order valence-electron chi connectivity index (χ2n) is 3.53. The molecule has 0 aliphatic carbocycles. The first kappa shape index (κ1) is 10.9. The normalized spacial score (nSPS) is 10.6. The lowest BCUT2D eigenvalue weighted by molar-refractivity contribution is 0.172. The fourth-order valence-electron chi connectivity index (χ4n) is 1.58. The minimum Gasteiger partial charge on any atom is -0.491 e. The topological polar surface area (TPSA) is 31.4 Å². The predicted molar refractivity (Wildman–Crippen MR) is 63.7 cm³/mol. The SMILES string of the molecule is COCCCOc1cccc2cccnc12. The monoisotopic (exact) mass is 217 g/mol. The van der Waals surface area contributed by atoms with E-state index in [2.05, 4.69) is 4.98 Å². The number of hydrogen-bond acceptors (Lipinski definition) is 3. The third kappa shape index (κ3) is 2.49. The van der Waals surface area contributed by atoms with Crippen molar-refractivity contribution in [3.8, 4) is 5.75 Å². The quantitative estimate of drug-likeness (QED) is 0.721. The molecule has 16 heavy (non-hydrogen) atoms. The Bertz CT molecular complexity index is 451. The smallest absolute Gasteiger partial charge is 0.145 e. The van der Waals surface area contributed by atoms with Gasteiger partial charge in [0, 0.05) is 31.7 Å². The van der Waals surface area contributed by atoms with Crippen LogP contribution in [0.4, 0.5) is 0 Å². The summed E-state index contributed by atoms with van der Waals surface area (Å²) in [4.78, 5) is 4.32. The summed E-state index contributed by atoms with van der Waals surface area (Å²) in [6.07, 6.45) is 2.67. The van der Waals surface area contributed by atoms with Crippen LogP contribution in [0.2, 0.25) is 0 Å². The fraction of sp³-hybridized carbons (Fsp3) is 0.308. The van der Waals surface area contributed by atoms with Crippen LogP contribution in [-0.2, 0) is 4.74 Å². The summed E-state index contributed by atoms with van der Waals surface area (Å²) in [5, 5.41) is 1.10. The van der Waals surface area contributed by atoms with Gasteiger partial charge < -0.3 is 9.47 Å². The van der Waals surface area contributed by atoms with E-state index in [-0.39, 0.29) is 0 Å². The molecule has 84 valence electrons. The molecule has 3 heteroatoms. The van der Waals surface area contributed by atoms with Crippen molar-refractivity contribution >= 4 is 10.9 Å². The molecule has 1 aromatic carbocycles. The summed E-state index contributed by atoms with van der Waals surface area (Å²) in [6, 6.07) is 9.92. The van der Waals surface area contributed by atoms with Crippen LogP contribution in [-0.4, -0.2) is 25.3 Å². The summed E-state index contributed by atoms with van der Waals surface area (Å²) in [5.74, 6) is 0.842. The third-order valence-corrected chi connectivity index (χ3v) is 2.35. The standard InChI is InChI=1S/C13H15NO2/c1-15-9-4-10-16-12-7-2-5-11-6-3-8-14-13(11)12/h2-3,5-8H,4,9-10H2,1H3. The maximum atomic E-state index is 5.68. The number of rotatable bonds is 5. The maximum Gasteiger partial charge on any atom is 0.145 e. The molecule has 0 unspecified atom stereocenters. The molecule has 0 atom stereocenters. The lowest BCUT2D eigenvalue weighted by Crippen LogP contribution is -2.01. The van der Waals surface area contributed by atoms with E-state index in [1.54, 1.807) is 13.3 Å². The Morgan fingerprint density at radius 3 is 2.88 bits per heavy atom. The van der Waals surface area contributed by atoms with Gasteiger partial charge in [-0.2, -0.15) is 0 Å². The van der Waals surface area contributed by atoms with Crippen LogP contribution in [0.5, 0.6) is 5.75 Å². The largest absolute Gasteiger partial charge is 0.491 e. The van der Waals surface area contributed by atoms with Gasteiger partial charge in [-0.25, -0.2) is 0 Å². The average molecular weight is 217 g/mol. The Morgan fingerprint density at radius 2 is 2.00 bits per heavy atom. The van der Waals surface area contributed by atoms with Crippen LogP contribution in [0.15, 0.2) is 36.5 Å². The number of benzene rings is 1. The van der Waals surface area contributed by atoms with Crippen molar-refractivity contribution in [2.45, 2.75) is 6.42 Å². The van der Waals surface area contributed by atoms with Crippen molar-refractivity contribution in [2.24, 2.45) is 0 Å². The zero-order valence-electron chi connectivity index (χ0n) is 9.35. The average Bonchev–Trinajstić information content (AvgIpc) is 2.35. The van der Waals surface area contributed by atoms with Crippen LogP contribution < -0.4 is 4.74 Å². The highest BCUT2D eigenvalue weighted by atomic mass is 16.5. The van der Waals surface area contributed by atoms with E-state index < -0.39 is 0 Å². The van der Waals surface area contributed by atoms with Crippen molar-refractivity contribution in [3.05, 3.63) is 36.5 Å². The Kier molecular flexibility index (Phi) is 3.72. The first-order valence-electron chi connectivity index (χ1n) is 5.37. The minimum absolute atomic E-state index is 0.656. The number of methoxy groups -OCH3 is 1. The molecule has 0 fully saturated rings. The minimum atomic E-state index is 0.656. The van der Waals surface area contributed by atoms with Gasteiger partial charge >= 0.3 is 0 Å². The van der Waals surface area contributed by atoms with E-state index in [0.717, 1.165) is 29.7 Å². The summed E-state index contributed by atoms with van der Waals surface area (Å²) in [6.45, 7) is 1.38. The molecule has 0 aliphatic rings. The Morgan fingerprint density at radius 1 is 1.12 bits per heavy atom. The molecule has 2 rings (SSSR count). The van der Waals surface area contributed by atoms with Crippen molar-refractivity contribution in [1.29, 1.82) is 0 Å². The van der Waals surface area contributed by atoms with Gasteiger partial charge in [0.15, 0.2) is 0 Å². The molecule has 0 saturated carbocycles. The Labute approximate surface area is 95.0 Å². The molecule has 0 amide bonds. The molecule has 0 N–H and O–H groups in total. The molecule has 0 radical (unpaired) electrons. The number of ether oxygens (including phenoxy) is 2. The van der Waals surface area contributed by atoms with E-state index in [1.807, 2.05) is 30.3 Å². The maximum absolute atomic E-state index is 5.68. The molecule has 0 aliphatic heterocycles. The van der Waals surface area contributed by atoms with E-state index in [9.17, 15) is 0 Å². The number of pyridine rings is 1. The van der Waals surface area contributed by atoms with Crippen molar-refractivity contribution in [3.63, 3.8) is 0 Å². The van der Waals surface area contributed by atoms with Gasteiger partial charge in [0.25, 0.3) is 0 Å². The molecule has 0 spiro atoms. The number of aromatic nitrogens is 1. The second kappa shape index (κ2) is 5.47. The highest BCUT2D eigenvalue weighted by Crippen LogP contribution is 2.22. The van der Waals surface area contributed by atoms with Crippen LogP contribution in [0.3, 0.4) is 0 Å². The highest BCUT2D eigenvalue weighted by molar-refractivity contribution is 5.84. The van der Waals surface area contributed by atoms with Crippen LogP contribution >= 0.6 is 0 Å². The molecule has 0 bridgehead atoms. The van der Waals surface area contributed by atoms with Crippen molar-refractivity contribution < 1.29 is 9.47 Å². The van der Waals surface area contributed by atoms with Gasteiger partial charge in [-0.1, -0.05) is 18.2 Å². The molecular formula is C13H15NO2. The number of para-hydroxylation sites is 1. The summed E-state index contributed by atoms with van der Waals surface area (Å²) >= 11 is 0. The number of hydrogen-bond donors (Lipinski definition) is 0. The number of fused-ring (bicyclic) bond motifs is 1. The second-order valence-corrected chi connectivity index (χ2v) is 3.53. The van der Waals surface area contributed by atoms with E-state index in [0.29, 0.717) is 6.61 Å². The van der Waals surface area contributed by atoms with Gasteiger partial charge in [0.05, 0.1) is 6.61 Å². The van der Waals surface area contributed by atoms with Gasteiger partial charge in [0.2, 0.25) is 0 Å². The lowest BCUT2D eigenvalue weighted by Gasteiger charge is -2.07. The summed E-state index contributed by atoms with van der Waals surface area (Å²) < 4.78 is 10.7. The van der Waals surface area contributed by atoms with Crippen molar-refractivity contribution in [2.75, 3.05) is 20.3 Å². The highest BCUT2D eigenvalue weighted by Gasteiger charge is 2.01. The molecule has 1 aromatic heterocycles. The molecule has 3 nitrogen and oxygen atoms in total. The van der Waals surface area contributed by atoms with E-state index in [4.69, 9.17) is 9.47 Å². The van der Waals surface area contributed by atoms with E-state index >= 15 is 0 Å². The van der Waals surface area contributed by atoms with Crippen LogP contribution in [0.1, 0.15) is 6.42 Å². The Balaban J connectivity index is 2.11. The fourth-order valence-corrected chi connectivity index (χ4v) is 1.58. The van der Waals surface area contributed by atoms with Gasteiger partial charge in [0.1, 0.15) is 11.3 Å². The summed E-state index contributed by atoms with van der Waals surface area (Å²) in [5.41, 5.74) is 0.919. The van der Waals surface area contributed by atoms with Gasteiger partial charge in [-0.05, 0) is 12.1 Å². The van der Waals surface area contributed by atoms with E-state index in [1.165, 1.54) is 0 Å². The zero-order valence-corrected chi connectivity index (χ0v) is 9.35. The first-order valence-corrected chi connectivity index (χ1v) is 5.37. The molecule has 1 heterocycles. The number of nitrogens with zero attached hydrogens (tertiary/aromatic N) is 1. The van der Waals surface area contributed by atoms with Crippen molar-refractivity contribution in [1.82, 2.24) is 4.98 Å². The lowest BCUT2D eigenvalue weighted by atomic mass is 10.2. The predicted octanol–water partition coefficient (Wildman–Crippen LogP) is 2.65. The third-order valence-electron chi connectivity index (χ3n) is 2.35.